The molecule has 0 unspecified atom stereocenters. The molecule has 2 atom stereocenters. The van der Waals surface area contributed by atoms with Crippen LogP contribution in [-0.2, 0) is 6.18 Å². The van der Waals surface area contributed by atoms with Crippen molar-refractivity contribution in [1.82, 2.24) is 0 Å². The van der Waals surface area contributed by atoms with E-state index < -0.39 is 35.3 Å². The second-order valence-corrected chi connectivity index (χ2v) is 4.11. The number of aliphatic hydroxyl groups excluding tert-OH is 1. The molecular weight excluding hydrogens is 250 g/mol. The van der Waals surface area contributed by atoms with Crippen molar-refractivity contribution in [2.75, 3.05) is 0 Å². The van der Waals surface area contributed by atoms with Crippen LogP contribution in [0.2, 0.25) is 0 Å². The SMILES string of the molecule is CCC[C@H](O)[C@H](N)c1cc(F)ccc1C(F)(F)F. The van der Waals surface area contributed by atoms with E-state index in [0.29, 0.717) is 12.5 Å². The highest BCUT2D eigenvalue weighted by Crippen LogP contribution is 2.35. The molecule has 0 aliphatic carbocycles. The first kappa shape index (κ1) is 14.9. The number of hydrogen-bond acceptors (Lipinski definition) is 2. The summed E-state index contributed by atoms with van der Waals surface area (Å²) in [5, 5.41) is 9.64. The fourth-order valence-corrected chi connectivity index (χ4v) is 1.75. The lowest BCUT2D eigenvalue weighted by atomic mass is 9.94. The van der Waals surface area contributed by atoms with Gasteiger partial charge in [0.15, 0.2) is 0 Å². The van der Waals surface area contributed by atoms with E-state index in [-0.39, 0.29) is 6.42 Å². The average molecular weight is 265 g/mol. The Hall–Kier alpha value is -1.14. The van der Waals surface area contributed by atoms with Gasteiger partial charge in [-0.25, -0.2) is 4.39 Å². The number of nitrogens with two attached hydrogens (primary N) is 1. The second-order valence-electron chi connectivity index (χ2n) is 4.11. The minimum absolute atomic E-state index is 0.259. The van der Waals surface area contributed by atoms with E-state index in [1.54, 1.807) is 6.92 Å². The first-order chi connectivity index (χ1) is 8.27. The maximum absolute atomic E-state index is 13.0. The van der Waals surface area contributed by atoms with Crippen LogP contribution in [0.15, 0.2) is 18.2 Å². The molecule has 3 N–H and O–H groups in total. The molecule has 18 heavy (non-hydrogen) atoms. The molecule has 0 amide bonds. The van der Waals surface area contributed by atoms with Crippen molar-refractivity contribution in [3.63, 3.8) is 0 Å². The van der Waals surface area contributed by atoms with Crippen LogP contribution in [0.1, 0.15) is 36.9 Å². The largest absolute Gasteiger partial charge is 0.416 e. The van der Waals surface area contributed by atoms with Crippen molar-refractivity contribution < 1.29 is 22.7 Å². The van der Waals surface area contributed by atoms with Crippen molar-refractivity contribution in [3.05, 3.63) is 35.1 Å². The van der Waals surface area contributed by atoms with Gasteiger partial charge in [-0.05, 0) is 30.2 Å². The number of rotatable bonds is 4. The smallest absolute Gasteiger partial charge is 0.391 e. The van der Waals surface area contributed by atoms with Gasteiger partial charge >= 0.3 is 6.18 Å². The van der Waals surface area contributed by atoms with E-state index in [9.17, 15) is 22.7 Å². The van der Waals surface area contributed by atoms with Gasteiger partial charge in [-0.3, -0.25) is 0 Å². The minimum atomic E-state index is -4.62. The number of alkyl halides is 3. The summed E-state index contributed by atoms with van der Waals surface area (Å²) in [5.41, 5.74) is 4.15. The zero-order valence-corrected chi connectivity index (χ0v) is 9.84. The van der Waals surface area contributed by atoms with Crippen molar-refractivity contribution in [1.29, 1.82) is 0 Å². The highest BCUT2D eigenvalue weighted by molar-refractivity contribution is 5.33. The number of benzene rings is 1. The lowest BCUT2D eigenvalue weighted by Crippen LogP contribution is -2.28. The van der Waals surface area contributed by atoms with Gasteiger partial charge in [-0.15, -0.1) is 0 Å². The summed E-state index contributed by atoms with van der Waals surface area (Å²) in [4.78, 5) is 0. The molecule has 0 fully saturated rings. The fourth-order valence-electron chi connectivity index (χ4n) is 1.75. The molecule has 0 radical (unpaired) electrons. The summed E-state index contributed by atoms with van der Waals surface area (Å²) in [6.45, 7) is 1.77. The van der Waals surface area contributed by atoms with Crippen LogP contribution in [0.3, 0.4) is 0 Å². The van der Waals surface area contributed by atoms with E-state index in [4.69, 9.17) is 5.73 Å². The Morgan fingerprint density at radius 3 is 2.44 bits per heavy atom. The van der Waals surface area contributed by atoms with Gasteiger partial charge in [-0.1, -0.05) is 13.3 Å². The third-order valence-corrected chi connectivity index (χ3v) is 2.68. The quantitative estimate of drug-likeness (QED) is 0.822. The predicted molar refractivity (Wildman–Crippen MR) is 59.2 cm³/mol. The zero-order valence-electron chi connectivity index (χ0n) is 9.84. The van der Waals surface area contributed by atoms with Gasteiger partial charge in [0.05, 0.1) is 17.7 Å². The standard InChI is InChI=1S/C12H15F4NO/c1-2-3-10(18)11(17)8-6-7(13)4-5-9(8)12(14,15)16/h4-6,10-11,18H,2-3,17H2,1H3/t10-,11+/m0/s1. The highest BCUT2D eigenvalue weighted by atomic mass is 19.4. The molecule has 0 aromatic heterocycles. The van der Waals surface area contributed by atoms with E-state index in [1.807, 2.05) is 0 Å². The minimum Gasteiger partial charge on any atom is -0.391 e. The third kappa shape index (κ3) is 3.43. The summed E-state index contributed by atoms with van der Waals surface area (Å²) in [7, 11) is 0. The van der Waals surface area contributed by atoms with E-state index in [0.717, 1.165) is 12.1 Å². The van der Waals surface area contributed by atoms with E-state index in [2.05, 4.69) is 0 Å². The van der Waals surface area contributed by atoms with Crippen LogP contribution in [0.4, 0.5) is 17.6 Å². The van der Waals surface area contributed by atoms with E-state index >= 15 is 0 Å². The van der Waals surface area contributed by atoms with Crippen molar-refractivity contribution in [3.8, 4) is 0 Å². The predicted octanol–water partition coefficient (Wildman–Crippen LogP) is 3.01. The first-order valence-electron chi connectivity index (χ1n) is 5.57. The molecular formula is C12H15F4NO. The highest BCUT2D eigenvalue weighted by Gasteiger charge is 2.36. The third-order valence-electron chi connectivity index (χ3n) is 2.68. The summed E-state index contributed by atoms with van der Waals surface area (Å²) in [6.07, 6.45) is -4.91. The van der Waals surface area contributed by atoms with Crippen LogP contribution in [-0.4, -0.2) is 11.2 Å². The molecule has 0 bridgehead atoms. The summed E-state index contributed by atoms with van der Waals surface area (Å²) >= 11 is 0. The number of halogens is 4. The summed E-state index contributed by atoms with van der Waals surface area (Å²) < 4.78 is 51.2. The Kier molecular flexibility index (Phi) is 4.70. The monoisotopic (exact) mass is 265 g/mol. The van der Waals surface area contributed by atoms with Gasteiger partial charge in [0.25, 0.3) is 0 Å². The maximum atomic E-state index is 13.0. The summed E-state index contributed by atoms with van der Waals surface area (Å²) in [6, 6.07) is 0.846. The van der Waals surface area contributed by atoms with Gasteiger partial charge in [0, 0.05) is 0 Å². The average Bonchev–Trinajstić information content (AvgIpc) is 2.26. The zero-order chi connectivity index (χ0) is 13.9. The van der Waals surface area contributed by atoms with Gasteiger partial charge in [0.2, 0.25) is 0 Å². The Balaban J connectivity index is 3.17. The molecule has 2 nitrogen and oxygen atoms in total. The van der Waals surface area contributed by atoms with Crippen molar-refractivity contribution in [2.45, 2.75) is 38.1 Å². The van der Waals surface area contributed by atoms with Crippen LogP contribution >= 0.6 is 0 Å². The molecule has 1 rings (SSSR count). The second kappa shape index (κ2) is 5.67. The summed E-state index contributed by atoms with van der Waals surface area (Å²) in [5.74, 6) is -0.808. The molecule has 6 heteroatoms. The molecule has 1 aromatic rings. The Bertz CT molecular complexity index is 406. The molecule has 0 saturated heterocycles. The molecule has 0 saturated carbocycles. The van der Waals surface area contributed by atoms with Crippen LogP contribution in [0.25, 0.3) is 0 Å². The molecule has 1 aromatic carbocycles. The molecule has 0 aliphatic heterocycles. The Morgan fingerprint density at radius 1 is 1.33 bits per heavy atom. The lowest BCUT2D eigenvalue weighted by Gasteiger charge is -2.22. The van der Waals surface area contributed by atoms with Gasteiger partial charge in [0.1, 0.15) is 5.82 Å². The Morgan fingerprint density at radius 2 is 1.94 bits per heavy atom. The van der Waals surface area contributed by atoms with Crippen LogP contribution < -0.4 is 5.73 Å². The van der Waals surface area contributed by atoms with Crippen LogP contribution in [0, 0.1) is 5.82 Å². The fraction of sp³-hybridized carbons (Fsp3) is 0.500. The maximum Gasteiger partial charge on any atom is 0.416 e. The lowest BCUT2D eigenvalue weighted by molar-refractivity contribution is -0.138. The molecule has 0 heterocycles. The van der Waals surface area contributed by atoms with Gasteiger partial charge < -0.3 is 10.8 Å². The van der Waals surface area contributed by atoms with E-state index in [1.165, 1.54) is 0 Å². The van der Waals surface area contributed by atoms with Gasteiger partial charge in [-0.2, -0.15) is 13.2 Å². The number of aliphatic hydroxyl groups is 1. The molecule has 102 valence electrons. The van der Waals surface area contributed by atoms with Crippen molar-refractivity contribution >= 4 is 0 Å². The Labute approximate surface area is 102 Å². The topological polar surface area (TPSA) is 46.2 Å². The molecule has 0 aliphatic rings. The molecule has 0 spiro atoms. The normalized spacial score (nSPS) is 15.5. The number of hydrogen-bond donors (Lipinski definition) is 2. The van der Waals surface area contributed by atoms with Crippen LogP contribution in [0.5, 0.6) is 0 Å². The first-order valence-corrected chi connectivity index (χ1v) is 5.57. The van der Waals surface area contributed by atoms with Crippen molar-refractivity contribution in [2.24, 2.45) is 5.73 Å².